The Morgan fingerprint density at radius 3 is 2.21 bits per heavy atom. The van der Waals surface area contributed by atoms with Gasteiger partial charge in [-0.3, -0.25) is 0 Å². The highest BCUT2D eigenvalue weighted by Crippen LogP contribution is 2.35. The Morgan fingerprint density at radius 1 is 1.03 bits per heavy atom. The molecule has 1 heterocycles. The zero-order valence-corrected chi connectivity index (χ0v) is 19.2. The Balaban J connectivity index is 2.11. The van der Waals surface area contributed by atoms with Gasteiger partial charge in [-0.05, 0) is 38.5 Å². The summed E-state index contributed by atoms with van der Waals surface area (Å²) in [6.07, 6.45) is -4.02. The van der Waals surface area contributed by atoms with Crippen LogP contribution in [0.5, 0.6) is 17.2 Å². The molecule has 0 aliphatic carbocycles. The summed E-state index contributed by atoms with van der Waals surface area (Å²) in [6, 6.07) is 1.94. The van der Waals surface area contributed by atoms with Gasteiger partial charge >= 0.3 is 5.97 Å². The van der Waals surface area contributed by atoms with Crippen molar-refractivity contribution in [1.82, 2.24) is 0 Å². The van der Waals surface area contributed by atoms with Gasteiger partial charge in [0.25, 0.3) is 0 Å². The van der Waals surface area contributed by atoms with E-state index >= 15 is 0 Å². The Hall–Kier alpha value is -2.67. The van der Waals surface area contributed by atoms with E-state index in [1.165, 1.54) is 0 Å². The van der Waals surface area contributed by atoms with E-state index < -0.39 is 66.6 Å². The number of aliphatic hydroxyl groups is 4. The van der Waals surface area contributed by atoms with Crippen molar-refractivity contribution in [2.75, 3.05) is 13.2 Å². The van der Waals surface area contributed by atoms with Crippen LogP contribution >= 0.6 is 0 Å². The first-order chi connectivity index (χ1) is 16.0. The van der Waals surface area contributed by atoms with Crippen LogP contribution < -0.4 is 0 Å². The standard InChI is InChI=1S/C23H32O11/c1-11(2)4-5-16(33-22(31)13-8-14(25)18(27)15(26)9-13)12(3)6-7-32-23-21(30)20(29)19(28)17(10-24)34-23/h4,6,8-9,16-17,19-21,23-30H,5,7,10H2,1-3H3. The first-order valence-electron chi connectivity index (χ1n) is 10.6. The third-order valence-corrected chi connectivity index (χ3v) is 5.32. The second-order valence-electron chi connectivity index (χ2n) is 8.25. The predicted octanol–water partition coefficient (Wildman–Crippen LogP) is 0.448. The molecule has 0 saturated carbocycles. The second kappa shape index (κ2) is 12.2. The van der Waals surface area contributed by atoms with Gasteiger partial charge in [0.05, 0.1) is 18.8 Å². The molecule has 2 rings (SSSR count). The maximum atomic E-state index is 12.6. The number of benzene rings is 1. The first-order valence-corrected chi connectivity index (χ1v) is 10.6. The van der Waals surface area contributed by atoms with E-state index in [2.05, 4.69) is 0 Å². The van der Waals surface area contributed by atoms with Crippen molar-refractivity contribution in [2.24, 2.45) is 0 Å². The van der Waals surface area contributed by atoms with Crippen molar-refractivity contribution in [3.8, 4) is 17.2 Å². The normalized spacial score (nSPS) is 26.1. The van der Waals surface area contributed by atoms with Gasteiger partial charge in [-0.15, -0.1) is 0 Å². The number of rotatable bonds is 9. The van der Waals surface area contributed by atoms with Crippen LogP contribution in [-0.2, 0) is 14.2 Å². The molecule has 11 heteroatoms. The molecule has 6 atom stereocenters. The molecule has 0 radical (unpaired) electrons. The highest BCUT2D eigenvalue weighted by Gasteiger charge is 2.43. The Morgan fingerprint density at radius 2 is 1.65 bits per heavy atom. The van der Waals surface area contributed by atoms with Crippen molar-refractivity contribution in [2.45, 2.75) is 64.0 Å². The maximum absolute atomic E-state index is 12.6. The molecule has 1 aliphatic rings. The number of carbonyl (C=O) groups excluding carboxylic acids is 1. The molecule has 190 valence electrons. The molecule has 11 nitrogen and oxygen atoms in total. The van der Waals surface area contributed by atoms with E-state index in [-0.39, 0.29) is 12.2 Å². The molecule has 34 heavy (non-hydrogen) atoms. The summed E-state index contributed by atoms with van der Waals surface area (Å²) in [6.45, 7) is 4.73. The van der Waals surface area contributed by atoms with Gasteiger partial charge in [0, 0.05) is 6.42 Å². The number of hydrogen-bond acceptors (Lipinski definition) is 11. The summed E-state index contributed by atoms with van der Waals surface area (Å²) in [5.41, 5.74) is 1.38. The zero-order chi connectivity index (χ0) is 25.6. The van der Waals surface area contributed by atoms with Crippen molar-refractivity contribution < 1.29 is 54.8 Å². The average Bonchev–Trinajstić information content (AvgIpc) is 2.79. The maximum Gasteiger partial charge on any atom is 0.339 e. The first kappa shape index (κ1) is 27.6. The minimum atomic E-state index is -1.56. The number of allylic oxidation sites excluding steroid dienone is 1. The quantitative estimate of drug-likeness (QED) is 0.146. The molecular weight excluding hydrogens is 452 g/mol. The zero-order valence-electron chi connectivity index (χ0n) is 19.2. The molecular formula is C23H32O11. The van der Waals surface area contributed by atoms with Crippen LogP contribution in [0.3, 0.4) is 0 Å². The number of esters is 1. The lowest BCUT2D eigenvalue weighted by Gasteiger charge is -2.39. The van der Waals surface area contributed by atoms with Gasteiger partial charge in [0.1, 0.15) is 30.5 Å². The fourth-order valence-electron chi connectivity index (χ4n) is 3.20. The molecule has 1 aromatic carbocycles. The molecule has 1 aromatic rings. The Labute approximate surface area is 196 Å². The number of aromatic hydroxyl groups is 3. The number of phenolic OH excluding ortho intramolecular Hbond substituents is 3. The smallest absolute Gasteiger partial charge is 0.339 e. The van der Waals surface area contributed by atoms with Crippen LogP contribution in [0.1, 0.15) is 37.6 Å². The summed E-state index contributed by atoms with van der Waals surface area (Å²) < 4.78 is 16.3. The van der Waals surface area contributed by atoms with E-state index in [1.807, 2.05) is 19.9 Å². The largest absolute Gasteiger partial charge is 0.504 e. The molecule has 0 amide bonds. The monoisotopic (exact) mass is 484 g/mol. The Bertz CT molecular complexity index is 881. The van der Waals surface area contributed by atoms with Gasteiger partial charge in [-0.25, -0.2) is 4.79 Å². The van der Waals surface area contributed by atoms with Crippen LogP contribution in [-0.4, -0.2) is 91.7 Å². The Kier molecular flexibility index (Phi) is 9.86. The van der Waals surface area contributed by atoms with Crippen molar-refractivity contribution in [1.29, 1.82) is 0 Å². The van der Waals surface area contributed by atoms with E-state index in [4.69, 9.17) is 14.2 Å². The number of aliphatic hydroxyl groups excluding tert-OH is 4. The second-order valence-corrected chi connectivity index (χ2v) is 8.25. The molecule has 1 aliphatic heterocycles. The topological polar surface area (TPSA) is 186 Å². The third-order valence-electron chi connectivity index (χ3n) is 5.32. The predicted molar refractivity (Wildman–Crippen MR) is 118 cm³/mol. The molecule has 0 bridgehead atoms. The van der Waals surface area contributed by atoms with Gasteiger partial charge in [-0.1, -0.05) is 17.7 Å². The van der Waals surface area contributed by atoms with Gasteiger partial charge in [0.2, 0.25) is 0 Å². The molecule has 0 aromatic heterocycles. The lowest BCUT2D eigenvalue weighted by atomic mass is 9.99. The van der Waals surface area contributed by atoms with Gasteiger partial charge in [-0.2, -0.15) is 0 Å². The van der Waals surface area contributed by atoms with E-state index in [9.17, 15) is 40.5 Å². The molecule has 6 unspecified atom stereocenters. The highest BCUT2D eigenvalue weighted by atomic mass is 16.7. The van der Waals surface area contributed by atoms with E-state index in [0.717, 1.165) is 17.7 Å². The SMILES string of the molecule is CC(C)=CCC(OC(=O)c1cc(O)c(O)c(O)c1)C(C)=CCOC1OC(CO)C(O)C(O)C1O. The van der Waals surface area contributed by atoms with E-state index in [0.29, 0.717) is 12.0 Å². The van der Waals surface area contributed by atoms with Crippen LogP contribution in [0.15, 0.2) is 35.4 Å². The van der Waals surface area contributed by atoms with Gasteiger partial charge in [0.15, 0.2) is 23.5 Å². The van der Waals surface area contributed by atoms with Gasteiger partial charge < -0.3 is 50.0 Å². The van der Waals surface area contributed by atoms with Crippen LogP contribution in [0.2, 0.25) is 0 Å². The number of hydrogen-bond donors (Lipinski definition) is 7. The fourth-order valence-corrected chi connectivity index (χ4v) is 3.20. The number of phenols is 3. The third kappa shape index (κ3) is 6.92. The molecule has 7 N–H and O–H groups in total. The van der Waals surface area contributed by atoms with Crippen molar-refractivity contribution in [3.05, 3.63) is 41.0 Å². The van der Waals surface area contributed by atoms with Crippen LogP contribution in [0.25, 0.3) is 0 Å². The average molecular weight is 484 g/mol. The van der Waals surface area contributed by atoms with Crippen LogP contribution in [0, 0.1) is 0 Å². The molecule has 1 fully saturated rings. The highest BCUT2D eigenvalue weighted by molar-refractivity contribution is 5.91. The molecule has 0 spiro atoms. The molecule has 1 saturated heterocycles. The fraction of sp³-hybridized carbons (Fsp3) is 0.522. The summed E-state index contributed by atoms with van der Waals surface area (Å²) in [5.74, 6) is -2.94. The summed E-state index contributed by atoms with van der Waals surface area (Å²) in [7, 11) is 0. The number of carbonyl (C=O) groups is 1. The van der Waals surface area contributed by atoms with Crippen molar-refractivity contribution >= 4 is 5.97 Å². The summed E-state index contributed by atoms with van der Waals surface area (Å²) in [4.78, 5) is 12.6. The van der Waals surface area contributed by atoms with E-state index in [1.54, 1.807) is 13.0 Å². The minimum absolute atomic E-state index is 0.113. The van der Waals surface area contributed by atoms with Crippen molar-refractivity contribution in [3.63, 3.8) is 0 Å². The summed E-state index contributed by atoms with van der Waals surface area (Å²) >= 11 is 0. The van der Waals surface area contributed by atoms with Crippen LogP contribution in [0.4, 0.5) is 0 Å². The lowest BCUT2D eigenvalue weighted by molar-refractivity contribution is -0.298. The number of ether oxygens (including phenoxy) is 3. The summed E-state index contributed by atoms with van der Waals surface area (Å²) in [5, 5.41) is 67.7. The lowest BCUT2D eigenvalue weighted by Crippen LogP contribution is -2.59. The minimum Gasteiger partial charge on any atom is -0.504 e.